The molecule has 4 heteroatoms. The van der Waals surface area contributed by atoms with Crippen molar-refractivity contribution in [3.63, 3.8) is 0 Å². The van der Waals surface area contributed by atoms with Crippen molar-refractivity contribution in [2.75, 3.05) is 0 Å². The Morgan fingerprint density at radius 3 is 2.53 bits per heavy atom. The molecule has 1 rings (SSSR count). The van der Waals surface area contributed by atoms with E-state index in [4.69, 9.17) is 5.73 Å². The normalized spacial score (nSPS) is 10.2. The van der Waals surface area contributed by atoms with Crippen LogP contribution in [0, 0.1) is 12.8 Å². The summed E-state index contributed by atoms with van der Waals surface area (Å²) in [5.74, 6) is 0.543. The lowest BCUT2D eigenvalue weighted by molar-refractivity contribution is 0.640. The summed E-state index contributed by atoms with van der Waals surface area (Å²) in [6.07, 6.45) is 0.914. The maximum atomic E-state index is 11.5. The first-order valence-corrected chi connectivity index (χ1v) is 4.96. The van der Waals surface area contributed by atoms with Crippen molar-refractivity contribution in [3.05, 3.63) is 33.2 Å². The Morgan fingerprint density at radius 1 is 1.47 bits per heavy atom. The zero-order chi connectivity index (χ0) is 10.7. The quantitative estimate of drug-likeness (QED) is 0.832. The van der Waals surface area contributed by atoms with Crippen LogP contribution < -0.4 is 11.3 Å². The van der Waals surface area contributed by atoms with Gasteiger partial charge < -0.3 is 10.7 Å². The van der Waals surface area contributed by atoms with E-state index in [0.29, 0.717) is 12.5 Å². The molecule has 0 saturated carbocycles. The molecule has 1 aromatic rings. The second-order valence-corrected chi connectivity index (χ2v) is 4.09. The molecule has 1 aromatic heterocycles. The number of hydrogen-bond donors (Lipinski definition) is 2. The molecule has 0 aliphatic carbocycles. The molecule has 0 unspecified atom stereocenters. The zero-order valence-electron chi connectivity index (χ0n) is 9.46. The van der Waals surface area contributed by atoms with Crippen molar-refractivity contribution in [3.8, 4) is 0 Å². The van der Waals surface area contributed by atoms with Gasteiger partial charge in [-0.3, -0.25) is 4.79 Å². The van der Waals surface area contributed by atoms with Crippen LogP contribution in [-0.2, 0) is 13.0 Å². The van der Waals surface area contributed by atoms with E-state index in [9.17, 15) is 4.79 Å². The molecule has 3 nitrogen and oxygen atoms in total. The van der Waals surface area contributed by atoms with Crippen LogP contribution in [0.3, 0.4) is 0 Å². The van der Waals surface area contributed by atoms with E-state index in [2.05, 4.69) is 18.8 Å². The van der Waals surface area contributed by atoms with Gasteiger partial charge in [0.15, 0.2) is 0 Å². The van der Waals surface area contributed by atoms with Crippen LogP contribution in [0.5, 0.6) is 0 Å². The fraction of sp³-hybridized carbons (Fsp3) is 0.545. The minimum absolute atomic E-state index is 0. The molecule has 0 atom stereocenters. The third kappa shape index (κ3) is 3.68. The Bertz CT molecular complexity index is 371. The second kappa shape index (κ2) is 5.93. The molecule has 15 heavy (non-hydrogen) atoms. The highest BCUT2D eigenvalue weighted by Gasteiger charge is 2.08. The summed E-state index contributed by atoms with van der Waals surface area (Å²) >= 11 is 0. The molecule has 1 heterocycles. The largest absolute Gasteiger partial charge is 0.326 e. The Kier molecular flexibility index (Phi) is 5.61. The molecule has 0 radical (unpaired) electrons. The average molecular weight is 231 g/mol. The fourth-order valence-electron chi connectivity index (χ4n) is 1.63. The number of pyridine rings is 1. The molecule has 3 N–H and O–H groups in total. The summed E-state index contributed by atoms with van der Waals surface area (Å²) in [6, 6.07) is 2.02. The van der Waals surface area contributed by atoms with Crippen LogP contribution in [-0.4, -0.2) is 4.98 Å². The summed E-state index contributed by atoms with van der Waals surface area (Å²) in [7, 11) is 0. The number of halogens is 1. The van der Waals surface area contributed by atoms with Crippen LogP contribution >= 0.6 is 12.4 Å². The number of hydrogen-bond acceptors (Lipinski definition) is 2. The minimum Gasteiger partial charge on any atom is -0.326 e. The summed E-state index contributed by atoms with van der Waals surface area (Å²) in [4.78, 5) is 14.3. The van der Waals surface area contributed by atoms with Crippen molar-refractivity contribution >= 4 is 12.4 Å². The Balaban J connectivity index is 0.00000196. The van der Waals surface area contributed by atoms with Crippen LogP contribution in [0.2, 0.25) is 0 Å². The lowest BCUT2D eigenvalue weighted by atomic mass is 9.99. The van der Waals surface area contributed by atoms with Gasteiger partial charge in [-0.1, -0.05) is 13.8 Å². The number of aromatic nitrogens is 1. The van der Waals surface area contributed by atoms with Crippen LogP contribution in [0.25, 0.3) is 0 Å². The maximum Gasteiger partial charge on any atom is 0.252 e. The van der Waals surface area contributed by atoms with Gasteiger partial charge >= 0.3 is 0 Å². The molecule has 0 aliphatic rings. The molecular weight excluding hydrogens is 212 g/mol. The number of aromatic amines is 1. The Morgan fingerprint density at radius 2 is 2.07 bits per heavy atom. The van der Waals surface area contributed by atoms with Crippen LogP contribution in [0.4, 0.5) is 0 Å². The predicted octanol–water partition coefficient (Wildman–Crippen LogP) is 1.76. The second-order valence-electron chi connectivity index (χ2n) is 4.09. The molecular formula is C11H19ClN2O. The minimum atomic E-state index is -0.0387. The maximum absolute atomic E-state index is 11.5. The first kappa shape index (κ1) is 14.2. The first-order chi connectivity index (χ1) is 6.54. The molecule has 86 valence electrons. The lowest BCUT2D eigenvalue weighted by Crippen LogP contribution is -2.20. The highest BCUT2D eigenvalue weighted by Crippen LogP contribution is 2.11. The number of nitrogens with one attached hydrogen (secondary N) is 1. The van der Waals surface area contributed by atoms with Crippen molar-refractivity contribution in [1.82, 2.24) is 4.98 Å². The average Bonchev–Trinajstić information content (AvgIpc) is 2.01. The molecule has 0 spiro atoms. The zero-order valence-corrected chi connectivity index (χ0v) is 10.3. The highest BCUT2D eigenvalue weighted by atomic mass is 35.5. The van der Waals surface area contributed by atoms with Gasteiger partial charge in [-0.25, -0.2) is 0 Å². The van der Waals surface area contributed by atoms with Crippen LogP contribution in [0.15, 0.2) is 10.9 Å². The van der Waals surface area contributed by atoms with E-state index in [0.717, 1.165) is 23.2 Å². The molecule has 0 aromatic carbocycles. The summed E-state index contributed by atoms with van der Waals surface area (Å²) < 4.78 is 0. The van der Waals surface area contributed by atoms with Gasteiger partial charge in [0, 0.05) is 17.8 Å². The van der Waals surface area contributed by atoms with Gasteiger partial charge in [-0.2, -0.15) is 0 Å². The van der Waals surface area contributed by atoms with Crippen molar-refractivity contribution in [2.24, 2.45) is 11.7 Å². The molecule has 0 aliphatic heterocycles. The van der Waals surface area contributed by atoms with Gasteiger partial charge in [0.1, 0.15) is 0 Å². The van der Waals surface area contributed by atoms with Gasteiger partial charge in [-0.15, -0.1) is 12.4 Å². The summed E-state index contributed by atoms with van der Waals surface area (Å²) in [5.41, 5.74) is 8.24. The Hall–Kier alpha value is -0.800. The third-order valence-electron chi connectivity index (χ3n) is 2.20. The standard InChI is InChI=1S/C11H18N2O.ClH/c1-7(2)4-9-5-8(3)13-11(14)10(9)6-12;/h5,7H,4,6,12H2,1-3H3,(H,13,14);1H. The van der Waals surface area contributed by atoms with Crippen molar-refractivity contribution < 1.29 is 0 Å². The lowest BCUT2D eigenvalue weighted by Gasteiger charge is -2.10. The van der Waals surface area contributed by atoms with Gasteiger partial charge in [-0.05, 0) is 30.9 Å². The molecule has 0 fully saturated rings. The number of aryl methyl sites for hydroxylation is 1. The van der Waals surface area contributed by atoms with Crippen molar-refractivity contribution in [2.45, 2.75) is 33.7 Å². The van der Waals surface area contributed by atoms with Crippen molar-refractivity contribution in [1.29, 1.82) is 0 Å². The Labute approximate surface area is 96.5 Å². The summed E-state index contributed by atoms with van der Waals surface area (Å²) in [6.45, 7) is 6.48. The first-order valence-electron chi connectivity index (χ1n) is 4.96. The number of rotatable bonds is 3. The number of H-pyrrole nitrogens is 1. The smallest absolute Gasteiger partial charge is 0.252 e. The van der Waals surface area contributed by atoms with E-state index < -0.39 is 0 Å². The van der Waals surface area contributed by atoms with E-state index in [1.54, 1.807) is 0 Å². The topological polar surface area (TPSA) is 58.9 Å². The van der Waals surface area contributed by atoms with E-state index >= 15 is 0 Å². The fourth-order valence-corrected chi connectivity index (χ4v) is 1.63. The van der Waals surface area contributed by atoms with Crippen LogP contribution in [0.1, 0.15) is 30.7 Å². The number of nitrogens with two attached hydrogens (primary N) is 1. The molecule has 0 saturated heterocycles. The van der Waals surface area contributed by atoms with Gasteiger partial charge in [0.05, 0.1) is 0 Å². The van der Waals surface area contributed by atoms with Gasteiger partial charge in [0.2, 0.25) is 0 Å². The van der Waals surface area contributed by atoms with Gasteiger partial charge in [0.25, 0.3) is 5.56 Å². The monoisotopic (exact) mass is 230 g/mol. The van der Waals surface area contributed by atoms with E-state index in [1.165, 1.54) is 0 Å². The predicted molar refractivity (Wildman–Crippen MR) is 65.5 cm³/mol. The highest BCUT2D eigenvalue weighted by molar-refractivity contribution is 5.85. The molecule has 0 bridgehead atoms. The third-order valence-corrected chi connectivity index (χ3v) is 2.20. The van der Waals surface area contributed by atoms with E-state index in [-0.39, 0.29) is 18.0 Å². The summed E-state index contributed by atoms with van der Waals surface area (Å²) in [5, 5.41) is 0. The SMILES string of the molecule is Cc1cc(CC(C)C)c(CN)c(=O)[nH]1.Cl. The van der Waals surface area contributed by atoms with E-state index in [1.807, 2.05) is 13.0 Å². The molecule has 0 amide bonds.